The van der Waals surface area contributed by atoms with Crippen molar-refractivity contribution in [1.82, 2.24) is 9.88 Å². The van der Waals surface area contributed by atoms with Gasteiger partial charge in [0.2, 0.25) is 0 Å². The van der Waals surface area contributed by atoms with E-state index < -0.39 is 11.3 Å². The first-order chi connectivity index (χ1) is 12.5. The Morgan fingerprint density at radius 2 is 2.32 bits per heavy atom. The molecule has 1 saturated carbocycles. The van der Waals surface area contributed by atoms with Crippen molar-refractivity contribution in [2.45, 2.75) is 44.1 Å². The maximum absolute atomic E-state index is 13.3. The van der Waals surface area contributed by atoms with Crippen molar-refractivity contribution in [3.05, 3.63) is 35.5 Å². The molecule has 6 rings (SSSR count). The maximum atomic E-state index is 13.3. The summed E-state index contributed by atoms with van der Waals surface area (Å²) in [4.78, 5) is 19.4. The number of carbonyl (C=O) groups excluding carboxylic acids is 1. The predicted octanol–water partition coefficient (Wildman–Crippen LogP) is 3.26. The Hall–Kier alpha value is -1.81. The highest BCUT2D eigenvalue weighted by Crippen LogP contribution is 2.55. The van der Waals surface area contributed by atoms with E-state index in [2.05, 4.69) is 35.0 Å². The summed E-state index contributed by atoms with van der Waals surface area (Å²) < 4.78 is 14.7. The molecule has 5 atom stereocenters. The van der Waals surface area contributed by atoms with Crippen LogP contribution in [0, 0.1) is 11.8 Å². The largest absolute Gasteiger partial charge is 0.468 e. The highest BCUT2D eigenvalue weighted by molar-refractivity contribution is 5.91. The van der Waals surface area contributed by atoms with Gasteiger partial charge in [-0.25, -0.2) is 0 Å². The van der Waals surface area contributed by atoms with E-state index in [1.807, 2.05) is 6.07 Å². The van der Waals surface area contributed by atoms with Gasteiger partial charge in [-0.3, -0.25) is 9.69 Å². The van der Waals surface area contributed by atoms with E-state index in [0.717, 1.165) is 50.0 Å². The number of esters is 1. The Morgan fingerprint density at radius 3 is 3.12 bits per heavy atom. The molecule has 0 spiro atoms. The second-order valence-electron chi connectivity index (χ2n) is 7.92. The van der Waals surface area contributed by atoms with Crippen molar-refractivity contribution >= 4 is 16.9 Å². The lowest BCUT2D eigenvalue weighted by atomic mass is 9.56. The molecule has 4 aliphatic rings. The summed E-state index contributed by atoms with van der Waals surface area (Å²) in [5.74, 6) is -0.403. The summed E-state index contributed by atoms with van der Waals surface area (Å²) in [6, 6.07) is 8.20. The quantitative estimate of drug-likeness (QED) is 0.854. The Bertz CT molecular complexity index is 893. The lowest BCUT2D eigenvalue weighted by Gasteiger charge is -2.57. The van der Waals surface area contributed by atoms with Crippen LogP contribution in [-0.4, -0.2) is 42.1 Å². The summed E-state index contributed by atoms with van der Waals surface area (Å²) >= 11 is 0. The van der Waals surface area contributed by atoms with Gasteiger partial charge in [0.1, 0.15) is 5.41 Å². The molecule has 132 valence electrons. The molecule has 4 bridgehead atoms. The fourth-order valence-corrected chi connectivity index (χ4v) is 5.98. The van der Waals surface area contributed by atoms with Crippen molar-refractivity contribution < 1.29 is 10.9 Å². The number of benzene rings is 1. The number of carbonyl (C=O) groups is 1. The standard InChI is InChI=1S/C21H26N2O2/c1-3-14-10-13-11-21(20(24)25-2)18-16(8-9-23(12-13)19(14)21)15-6-4-5-7-17(15)22-18/h4-7,13-14,19,22H,3,8-12H2,1-2H3/t13-,14+,19+,21-/m1/s1/i14D. The highest BCUT2D eigenvalue weighted by atomic mass is 16.5. The number of ether oxygens (including phenoxy) is 1. The van der Waals surface area contributed by atoms with Gasteiger partial charge in [-0.2, -0.15) is 0 Å². The number of hydrogen-bond donors (Lipinski definition) is 1. The molecule has 4 nitrogen and oxygen atoms in total. The molecule has 1 aromatic heterocycles. The Labute approximate surface area is 149 Å². The van der Waals surface area contributed by atoms with Crippen LogP contribution in [0.4, 0.5) is 0 Å². The SMILES string of the molecule is [2H][C@]1(CC)C[C@H]2CN3CCc4c([nH]c5ccccc45)[C@](C(=O)OC)(C2)[C@@H]31. The van der Waals surface area contributed by atoms with Gasteiger partial charge < -0.3 is 9.72 Å². The first kappa shape index (κ1) is 14.4. The molecule has 25 heavy (non-hydrogen) atoms. The topological polar surface area (TPSA) is 45.3 Å². The minimum Gasteiger partial charge on any atom is -0.468 e. The smallest absolute Gasteiger partial charge is 0.319 e. The molecule has 4 heteroatoms. The molecular formula is C21H26N2O2. The van der Waals surface area contributed by atoms with Crippen LogP contribution in [-0.2, 0) is 21.4 Å². The molecule has 1 unspecified atom stereocenters. The molecule has 1 aromatic carbocycles. The monoisotopic (exact) mass is 339 g/mol. The van der Waals surface area contributed by atoms with Crippen LogP contribution in [0.3, 0.4) is 0 Å². The van der Waals surface area contributed by atoms with E-state index in [-0.39, 0.29) is 12.0 Å². The van der Waals surface area contributed by atoms with Crippen LogP contribution >= 0.6 is 0 Å². The second-order valence-corrected chi connectivity index (χ2v) is 7.92. The fraction of sp³-hybridized carbons (Fsp3) is 0.571. The summed E-state index contributed by atoms with van der Waals surface area (Å²) in [5, 5.41) is 1.21. The van der Waals surface area contributed by atoms with Crippen LogP contribution in [0.2, 0.25) is 0 Å². The van der Waals surface area contributed by atoms with Crippen LogP contribution < -0.4 is 0 Å². The first-order valence-corrected chi connectivity index (χ1v) is 9.46. The third kappa shape index (κ3) is 1.89. The number of methoxy groups -OCH3 is 1. The summed E-state index contributed by atoms with van der Waals surface area (Å²) in [6.07, 6.45) is 3.36. The summed E-state index contributed by atoms with van der Waals surface area (Å²) in [5.41, 5.74) is 2.60. The summed E-state index contributed by atoms with van der Waals surface area (Å²) in [7, 11) is 1.49. The zero-order valence-corrected chi connectivity index (χ0v) is 15.0. The van der Waals surface area contributed by atoms with Crippen LogP contribution in [0.25, 0.3) is 10.9 Å². The number of aromatic nitrogens is 1. The van der Waals surface area contributed by atoms with E-state index >= 15 is 0 Å². The van der Waals surface area contributed by atoms with Crippen LogP contribution in [0.15, 0.2) is 24.3 Å². The first-order valence-electron chi connectivity index (χ1n) is 9.96. The number of nitrogens with one attached hydrogen (secondary N) is 1. The Morgan fingerprint density at radius 1 is 1.48 bits per heavy atom. The van der Waals surface area contributed by atoms with Gasteiger partial charge in [0, 0.05) is 37.1 Å². The lowest BCUT2D eigenvalue weighted by molar-refractivity contribution is -0.162. The second kappa shape index (κ2) is 5.34. The van der Waals surface area contributed by atoms with Gasteiger partial charge in [0.25, 0.3) is 0 Å². The minimum absolute atomic E-state index is 0.119. The van der Waals surface area contributed by atoms with Gasteiger partial charge in [0.15, 0.2) is 0 Å². The minimum atomic E-state index is -0.751. The molecular weight excluding hydrogens is 312 g/mol. The summed E-state index contributed by atoms with van der Waals surface area (Å²) in [6.45, 7) is 4.01. The predicted molar refractivity (Wildman–Crippen MR) is 97.6 cm³/mol. The van der Waals surface area contributed by atoms with Crippen molar-refractivity contribution in [3.8, 4) is 0 Å². The molecule has 1 aliphatic carbocycles. The molecule has 2 aromatic rings. The molecule has 3 aliphatic heterocycles. The van der Waals surface area contributed by atoms with Crippen molar-refractivity contribution in [1.29, 1.82) is 0 Å². The highest BCUT2D eigenvalue weighted by Gasteiger charge is 2.62. The third-order valence-electron chi connectivity index (χ3n) is 6.79. The van der Waals surface area contributed by atoms with Gasteiger partial charge in [-0.1, -0.05) is 31.5 Å². The number of fused-ring (bicyclic) bond motifs is 4. The molecule has 2 saturated heterocycles. The number of piperidine rings is 2. The van der Waals surface area contributed by atoms with E-state index in [1.165, 1.54) is 18.1 Å². The normalized spacial score (nSPS) is 39.6. The Balaban J connectivity index is 1.83. The van der Waals surface area contributed by atoms with E-state index in [0.29, 0.717) is 5.92 Å². The number of rotatable bonds is 2. The number of nitrogens with zero attached hydrogens (tertiary/aromatic N) is 1. The third-order valence-corrected chi connectivity index (χ3v) is 6.79. The van der Waals surface area contributed by atoms with Crippen LogP contribution in [0.1, 0.15) is 38.8 Å². The number of aromatic amines is 1. The molecule has 1 N–H and O–H groups in total. The number of para-hydroxylation sites is 1. The van der Waals surface area contributed by atoms with Gasteiger partial charge in [-0.15, -0.1) is 0 Å². The molecule has 0 radical (unpaired) electrons. The molecule has 4 heterocycles. The van der Waals surface area contributed by atoms with E-state index in [9.17, 15) is 6.17 Å². The number of hydrogen-bond acceptors (Lipinski definition) is 3. The zero-order valence-electron chi connectivity index (χ0n) is 16.0. The van der Waals surface area contributed by atoms with Crippen molar-refractivity contribution in [2.75, 3.05) is 20.2 Å². The van der Waals surface area contributed by atoms with E-state index in [1.54, 1.807) is 0 Å². The van der Waals surface area contributed by atoms with Crippen molar-refractivity contribution in [3.63, 3.8) is 0 Å². The van der Waals surface area contributed by atoms with Gasteiger partial charge in [-0.05, 0) is 42.7 Å². The Kier molecular flexibility index (Phi) is 3.07. The van der Waals surface area contributed by atoms with Crippen LogP contribution in [0.5, 0.6) is 0 Å². The number of H-pyrrole nitrogens is 1. The van der Waals surface area contributed by atoms with Crippen molar-refractivity contribution in [2.24, 2.45) is 11.8 Å². The lowest BCUT2D eigenvalue weighted by Crippen LogP contribution is -2.67. The molecule has 0 amide bonds. The van der Waals surface area contributed by atoms with Gasteiger partial charge >= 0.3 is 5.97 Å². The zero-order chi connectivity index (χ0) is 18.1. The maximum Gasteiger partial charge on any atom is 0.319 e. The fourth-order valence-electron chi connectivity index (χ4n) is 5.98. The average Bonchev–Trinajstić information content (AvgIpc) is 2.99. The molecule has 3 fully saturated rings. The van der Waals surface area contributed by atoms with Gasteiger partial charge in [0.05, 0.1) is 7.11 Å². The average molecular weight is 339 g/mol. The van der Waals surface area contributed by atoms with E-state index in [4.69, 9.17) is 4.74 Å².